The summed E-state index contributed by atoms with van der Waals surface area (Å²) in [7, 11) is 2.03. The quantitative estimate of drug-likeness (QED) is 0.900. The normalized spacial score (nSPS) is 16.8. The Hall–Kier alpha value is -1.01. The fraction of sp³-hybridized carbons (Fsp3) is 0.769. The first-order valence-electron chi connectivity index (χ1n) is 7.01. The lowest BCUT2D eigenvalue weighted by Crippen LogP contribution is -2.39. The first kappa shape index (κ1) is 14.4. The van der Waals surface area contributed by atoms with Crippen LogP contribution in [0.25, 0.3) is 0 Å². The van der Waals surface area contributed by atoms with Gasteiger partial charge >= 0.3 is 0 Å². The lowest BCUT2D eigenvalue weighted by Gasteiger charge is -2.30. The third kappa shape index (κ3) is 4.24. The number of nitrogens with zero attached hydrogens (tertiary/aromatic N) is 3. The van der Waals surface area contributed by atoms with Gasteiger partial charge in [0.05, 0.1) is 6.54 Å². The SMILES string of the molecule is CCc1nnc(NC(=O)CN(C)C2CCCCC2)s1. The van der Waals surface area contributed by atoms with Crippen LogP contribution in [-0.4, -0.2) is 40.6 Å². The fourth-order valence-electron chi connectivity index (χ4n) is 2.48. The Morgan fingerprint density at radius 1 is 1.37 bits per heavy atom. The minimum Gasteiger partial charge on any atom is -0.299 e. The molecule has 1 aliphatic carbocycles. The number of aromatic nitrogens is 2. The van der Waals surface area contributed by atoms with Gasteiger partial charge in [0.1, 0.15) is 5.01 Å². The summed E-state index contributed by atoms with van der Waals surface area (Å²) in [5.74, 6) is 0.00637. The van der Waals surface area contributed by atoms with Gasteiger partial charge in [-0.3, -0.25) is 15.0 Å². The van der Waals surface area contributed by atoms with Crippen molar-refractivity contribution in [3.63, 3.8) is 0 Å². The van der Waals surface area contributed by atoms with E-state index in [2.05, 4.69) is 20.4 Å². The molecule has 0 bridgehead atoms. The minimum atomic E-state index is 0.00637. The van der Waals surface area contributed by atoms with Crippen molar-refractivity contribution in [1.82, 2.24) is 15.1 Å². The lowest BCUT2D eigenvalue weighted by atomic mass is 9.94. The molecular weight excluding hydrogens is 260 g/mol. The summed E-state index contributed by atoms with van der Waals surface area (Å²) >= 11 is 1.45. The van der Waals surface area contributed by atoms with E-state index in [1.165, 1.54) is 43.4 Å². The maximum Gasteiger partial charge on any atom is 0.240 e. The van der Waals surface area contributed by atoms with Crippen molar-refractivity contribution in [2.45, 2.75) is 51.5 Å². The van der Waals surface area contributed by atoms with E-state index in [1.807, 2.05) is 14.0 Å². The minimum absolute atomic E-state index is 0.00637. The van der Waals surface area contributed by atoms with Crippen LogP contribution in [0.4, 0.5) is 5.13 Å². The number of hydrogen-bond donors (Lipinski definition) is 1. The second-order valence-electron chi connectivity index (χ2n) is 5.11. The van der Waals surface area contributed by atoms with Gasteiger partial charge in [-0.2, -0.15) is 0 Å². The highest BCUT2D eigenvalue weighted by Crippen LogP contribution is 2.21. The molecule has 1 saturated carbocycles. The van der Waals surface area contributed by atoms with E-state index in [4.69, 9.17) is 0 Å². The molecule has 6 heteroatoms. The first-order chi connectivity index (χ1) is 9.19. The van der Waals surface area contributed by atoms with Crippen LogP contribution in [-0.2, 0) is 11.2 Å². The molecule has 0 unspecified atom stereocenters. The van der Waals surface area contributed by atoms with Gasteiger partial charge in [-0.15, -0.1) is 10.2 Å². The fourth-order valence-corrected chi connectivity index (χ4v) is 3.18. The summed E-state index contributed by atoms with van der Waals surface area (Å²) in [6.07, 6.45) is 7.18. The van der Waals surface area contributed by atoms with Crippen molar-refractivity contribution in [2.24, 2.45) is 0 Å². The Balaban J connectivity index is 1.79. The average Bonchev–Trinajstić information content (AvgIpc) is 2.87. The number of likely N-dealkylation sites (N-methyl/N-ethyl adjacent to an activating group) is 1. The third-order valence-electron chi connectivity index (χ3n) is 3.61. The molecule has 106 valence electrons. The molecule has 5 nitrogen and oxygen atoms in total. The molecule has 1 aromatic heterocycles. The van der Waals surface area contributed by atoms with E-state index < -0.39 is 0 Å². The Kier molecular flexibility index (Phi) is 5.27. The zero-order chi connectivity index (χ0) is 13.7. The maximum absolute atomic E-state index is 11.9. The van der Waals surface area contributed by atoms with E-state index in [0.717, 1.165) is 11.4 Å². The van der Waals surface area contributed by atoms with E-state index in [0.29, 0.717) is 17.7 Å². The molecule has 19 heavy (non-hydrogen) atoms. The highest BCUT2D eigenvalue weighted by Gasteiger charge is 2.20. The van der Waals surface area contributed by atoms with Crippen molar-refractivity contribution in [2.75, 3.05) is 18.9 Å². The number of nitrogens with one attached hydrogen (secondary N) is 1. The summed E-state index contributed by atoms with van der Waals surface area (Å²) in [5.41, 5.74) is 0. The first-order valence-corrected chi connectivity index (χ1v) is 7.83. The average molecular weight is 282 g/mol. The molecule has 1 heterocycles. The van der Waals surface area contributed by atoms with Gasteiger partial charge in [0.2, 0.25) is 11.0 Å². The van der Waals surface area contributed by atoms with Crippen LogP contribution in [0.3, 0.4) is 0 Å². The zero-order valence-electron chi connectivity index (χ0n) is 11.7. The van der Waals surface area contributed by atoms with Gasteiger partial charge in [0.15, 0.2) is 0 Å². The molecule has 1 N–H and O–H groups in total. The molecular formula is C13H22N4OS. The second-order valence-corrected chi connectivity index (χ2v) is 6.17. The number of carbonyl (C=O) groups excluding carboxylic acids is 1. The van der Waals surface area contributed by atoms with Crippen molar-refractivity contribution < 1.29 is 4.79 Å². The summed E-state index contributed by atoms with van der Waals surface area (Å²) in [6.45, 7) is 2.47. The molecule has 0 aliphatic heterocycles. The molecule has 2 rings (SSSR count). The Bertz CT molecular complexity index is 415. The smallest absolute Gasteiger partial charge is 0.240 e. The standard InChI is InChI=1S/C13H22N4OS/c1-3-12-15-16-13(19-12)14-11(18)9-17(2)10-7-5-4-6-8-10/h10H,3-9H2,1-2H3,(H,14,16,18). The predicted octanol–water partition coefficient (Wildman–Crippen LogP) is 2.30. The van der Waals surface area contributed by atoms with Crippen LogP contribution in [0.1, 0.15) is 44.0 Å². The molecule has 1 fully saturated rings. The molecule has 0 aromatic carbocycles. The molecule has 0 atom stereocenters. The van der Waals surface area contributed by atoms with Crippen molar-refractivity contribution in [3.05, 3.63) is 5.01 Å². The van der Waals surface area contributed by atoms with E-state index >= 15 is 0 Å². The van der Waals surface area contributed by atoms with Crippen LogP contribution in [0.2, 0.25) is 0 Å². The van der Waals surface area contributed by atoms with Gasteiger partial charge in [-0.05, 0) is 26.3 Å². The number of aryl methyl sites for hydroxylation is 1. The number of anilines is 1. The topological polar surface area (TPSA) is 58.1 Å². The Morgan fingerprint density at radius 3 is 2.74 bits per heavy atom. The zero-order valence-corrected chi connectivity index (χ0v) is 12.5. The van der Waals surface area contributed by atoms with Gasteiger partial charge < -0.3 is 0 Å². The van der Waals surface area contributed by atoms with E-state index in [1.54, 1.807) is 0 Å². The number of carbonyl (C=O) groups is 1. The molecule has 1 aliphatic rings. The lowest BCUT2D eigenvalue weighted by molar-refractivity contribution is -0.117. The number of hydrogen-bond acceptors (Lipinski definition) is 5. The molecule has 1 aromatic rings. The Morgan fingerprint density at radius 2 is 2.11 bits per heavy atom. The highest BCUT2D eigenvalue weighted by molar-refractivity contribution is 7.15. The van der Waals surface area contributed by atoms with E-state index in [9.17, 15) is 4.79 Å². The molecule has 1 amide bonds. The monoisotopic (exact) mass is 282 g/mol. The summed E-state index contributed by atoms with van der Waals surface area (Å²) in [4.78, 5) is 14.1. The van der Waals surface area contributed by atoms with Crippen LogP contribution in [0.5, 0.6) is 0 Å². The molecule has 0 radical (unpaired) electrons. The largest absolute Gasteiger partial charge is 0.299 e. The maximum atomic E-state index is 11.9. The van der Waals surface area contributed by atoms with E-state index in [-0.39, 0.29) is 5.91 Å². The predicted molar refractivity (Wildman–Crippen MR) is 77.4 cm³/mol. The summed E-state index contributed by atoms with van der Waals surface area (Å²) < 4.78 is 0. The van der Waals surface area contributed by atoms with Gasteiger partial charge in [0.25, 0.3) is 0 Å². The van der Waals surface area contributed by atoms with Crippen LogP contribution in [0, 0.1) is 0 Å². The van der Waals surface area contributed by atoms with Gasteiger partial charge in [0, 0.05) is 6.04 Å². The van der Waals surface area contributed by atoms with Crippen LogP contribution < -0.4 is 5.32 Å². The second kappa shape index (κ2) is 6.96. The summed E-state index contributed by atoms with van der Waals surface area (Å²) in [5, 5.41) is 12.4. The number of amides is 1. The summed E-state index contributed by atoms with van der Waals surface area (Å²) in [6, 6.07) is 0.556. The highest BCUT2D eigenvalue weighted by atomic mass is 32.1. The van der Waals surface area contributed by atoms with Crippen LogP contribution in [0.15, 0.2) is 0 Å². The van der Waals surface area contributed by atoms with Crippen molar-refractivity contribution in [3.8, 4) is 0 Å². The van der Waals surface area contributed by atoms with Crippen molar-refractivity contribution >= 4 is 22.4 Å². The van der Waals surface area contributed by atoms with Crippen molar-refractivity contribution in [1.29, 1.82) is 0 Å². The third-order valence-corrected chi connectivity index (χ3v) is 4.59. The van der Waals surface area contributed by atoms with Gasteiger partial charge in [-0.25, -0.2) is 0 Å². The number of rotatable bonds is 5. The molecule has 0 saturated heterocycles. The van der Waals surface area contributed by atoms with Gasteiger partial charge in [-0.1, -0.05) is 37.5 Å². The van der Waals surface area contributed by atoms with Crippen LogP contribution >= 0.6 is 11.3 Å². The Labute approximate surface area is 118 Å². The molecule has 0 spiro atoms.